The third kappa shape index (κ3) is 3.71. The van der Waals surface area contributed by atoms with Crippen LogP contribution in [0.5, 0.6) is 0 Å². The molecule has 118 valence electrons. The molecular weight excluding hydrogens is 306 g/mol. The number of hydrogen-bond donors (Lipinski definition) is 1. The zero-order chi connectivity index (χ0) is 16.4. The molecule has 0 fully saturated rings. The molecule has 0 aliphatic rings. The summed E-state index contributed by atoms with van der Waals surface area (Å²) in [5.41, 5.74) is 2.88. The molecular formula is C17H19N5S. The van der Waals surface area contributed by atoms with Gasteiger partial charge < -0.3 is 5.32 Å². The highest BCUT2D eigenvalue weighted by Crippen LogP contribution is 2.26. The Bertz CT molecular complexity index is 802. The van der Waals surface area contributed by atoms with Crippen LogP contribution in [0.4, 0.5) is 10.8 Å². The van der Waals surface area contributed by atoms with Crippen molar-refractivity contribution in [1.82, 2.24) is 19.3 Å². The second-order valence-electron chi connectivity index (χ2n) is 6.40. The SMILES string of the molecule is Cc1ccnc(-c2ccc(Nc3nc(C(C)(C)C)ns3)cc2)n1. The van der Waals surface area contributed by atoms with E-state index in [0.29, 0.717) is 0 Å². The van der Waals surface area contributed by atoms with Gasteiger partial charge in [0.1, 0.15) is 5.82 Å². The predicted molar refractivity (Wildman–Crippen MR) is 94.1 cm³/mol. The monoisotopic (exact) mass is 325 g/mol. The molecule has 23 heavy (non-hydrogen) atoms. The molecule has 0 amide bonds. The lowest BCUT2D eigenvalue weighted by molar-refractivity contribution is 0.555. The molecule has 0 bridgehead atoms. The number of benzene rings is 1. The van der Waals surface area contributed by atoms with E-state index in [1.165, 1.54) is 11.5 Å². The van der Waals surface area contributed by atoms with E-state index >= 15 is 0 Å². The zero-order valence-electron chi connectivity index (χ0n) is 13.7. The second kappa shape index (κ2) is 6.04. The number of rotatable bonds is 3. The summed E-state index contributed by atoms with van der Waals surface area (Å²) in [4.78, 5) is 13.3. The van der Waals surface area contributed by atoms with Crippen LogP contribution >= 0.6 is 11.5 Å². The summed E-state index contributed by atoms with van der Waals surface area (Å²) < 4.78 is 4.41. The fourth-order valence-corrected chi connectivity index (χ4v) is 2.77. The van der Waals surface area contributed by atoms with Crippen molar-refractivity contribution in [3.8, 4) is 11.4 Å². The molecule has 0 spiro atoms. The van der Waals surface area contributed by atoms with Crippen molar-refractivity contribution in [2.24, 2.45) is 0 Å². The van der Waals surface area contributed by atoms with Gasteiger partial charge in [0.2, 0.25) is 5.13 Å². The van der Waals surface area contributed by atoms with Crippen molar-refractivity contribution in [3.05, 3.63) is 48.0 Å². The molecule has 5 nitrogen and oxygen atoms in total. The molecule has 6 heteroatoms. The Morgan fingerprint density at radius 3 is 2.35 bits per heavy atom. The molecule has 0 aliphatic heterocycles. The van der Waals surface area contributed by atoms with E-state index in [1.54, 1.807) is 6.20 Å². The first-order chi connectivity index (χ1) is 10.9. The summed E-state index contributed by atoms with van der Waals surface area (Å²) in [6.45, 7) is 8.28. The summed E-state index contributed by atoms with van der Waals surface area (Å²) in [6.07, 6.45) is 1.78. The van der Waals surface area contributed by atoms with Crippen molar-refractivity contribution in [2.75, 3.05) is 5.32 Å². The molecule has 0 saturated carbocycles. The molecule has 0 radical (unpaired) electrons. The van der Waals surface area contributed by atoms with Gasteiger partial charge in [-0.25, -0.2) is 15.0 Å². The largest absolute Gasteiger partial charge is 0.330 e. The van der Waals surface area contributed by atoms with Crippen LogP contribution in [-0.4, -0.2) is 19.3 Å². The van der Waals surface area contributed by atoms with E-state index in [9.17, 15) is 0 Å². The Morgan fingerprint density at radius 1 is 1.00 bits per heavy atom. The molecule has 0 atom stereocenters. The second-order valence-corrected chi connectivity index (χ2v) is 7.15. The Balaban J connectivity index is 1.76. The Morgan fingerprint density at radius 2 is 1.74 bits per heavy atom. The summed E-state index contributed by atoms with van der Waals surface area (Å²) in [6, 6.07) is 9.89. The van der Waals surface area contributed by atoms with Crippen LogP contribution in [0, 0.1) is 6.92 Å². The summed E-state index contributed by atoms with van der Waals surface area (Å²) >= 11 is 1.38. The van der Waals surface area contributed by atoms with Crippen LogP contribution in [0.15, 0.2) is 36.5 Å². The maximum absolute atomic E-state index is 4.54. The van der Waals surface area contributed by atoms with Gasteiger partial charge in [-0.1, -0.05) is 20.8 Å². The number of aromatic nitrogens is 4. The molecule has 1 aromatic carbocycles. The molecule has 3 aromatic rings. The summed E-state index contributed by atoms with van der Waals surface area (Å²) in [7, 11) is 0. The van der Waals surface area contributed by atoms with E-state index in [2.05, 4.69) is 45.4 Å². The molecule has 0 unspecified atom stereocenters. The van der Waals surface area contributed by atoms with E-state index < -0.39 is 0 Å². The summed E-state index contributed by atoms with van der Waals surface area (Å²) in [5.74, 6) is 1.59. The predicted octanol–water partition coefficient (Wildman–Crippen LogP) is 4.34. The molecule has 1 N–H and O–H groups in total. The third-order valence-electron chi connectivity index (χ3n) is 3.29. The minimum atomic E-state index is -0.0389. The highest BCUT2D eigenvalue weighted by Gasteiger charge is 2.19. The molecule has 2 aromatic heterocycles. The van der Waals surface area contributed by atoms with Crippen molar-refractivity contribution in [2.45, 2.75) is 33.1 Å². The van der Waals surface area contributed by atoms with Gasteiger partial charge in [0.15, 0.2) is 5.82 Å². The molecule has 2 heterocycles. The highest BCUT2D eigenvalue weighted by molar-refractivity contribution is 7.09. The lowest BCUT2D eigenvalue weighted by atomic mass is 9.96. The first-order valence-corrected chi connectivity index (χ1v) is 8.20. The number of nitrogens with zero attached hydrogens (tertiary/aromatic N) is 4. The number of anilines is 2. The summed E-state index contributed by atoms with van der Waals surface area (Å²) in [5, 5.41) is 4.09. The maximum atomic E-state index is 4.54. The maximum Gasteiger partial charge on any atom is 0.207 e. The van der Waals surface area contributed by atoms with Crippen LogP contribution in [-0.2, 0) is 5.41 Å². The average molecular weight is 325 g/mol. The van der Waals surface area contributed by atoms with E-state index in [0.717, 1.165) is 33.7 Å². The van der Waals surface area contributed by atoms with Crippen LogP contribution < -0.4 is 5.32 Å². The first-order valence-electron chi connectivity index (χ1n) is 7.43. The zero-order valence-corrected chi connectivity index (χ0v) is 14.5. The minimum Gasteiger partial charge on any atom is -0.330 e. The van der Waals surface area contributed by atoms with Crippen LogP contribution in [0.1, 0.15) is 32.3 Å². The lowest BCUT2D eigenvalue weighted by Gasteiger charge is -2.12. The highest BCUT2D eigenvalue weighted by atomic mass is 32.1. The third-order valence-corrected chi connectivity index (χ3v) is 3.92. The Hall–Kier alpha value is -2.34. The topological polar surface area (TPSA) is 63.6 Å². The lowest BCUT2D eigenvalue weighted by Crippen LogP contribution is -2.13. The van der Waals surface area contributed by atoms with E-state index in [1.807, 2.05) is 37.3 Å². The van der Waals surface area contributed by atoms with Crippen LogP contribution in [0.2, 0.25) is 0 Å². The number of hydrogen-bond acceptors (Lipinski definition) is 6. The van der Waals surface area contributed by atoms with E-state index in [4.69, 9.17) is 0 Å². The average Bonchev–Trinajstić information content (AvgIpc) is 2.97. The van der Waals surface area contributed by atoms with Crippen molar-refractivity contribution in [1.29, 1.82) is 0 Å². The fourth-order valence-electron chi connectivity index (χ4n) is 1.99. The Kier molecular flexibility index (Phi) is 4.09. The van der Waals surface area contributed by atoms with Crippen LogP contribution in [0.25, 0.3) is 11.4 Å². The molecule has 0 saturated heterocycles. The van der Waals surface area contributed by atoms with Crippen molar-refractivity contribution >= 4 is 22.4 Å². The van der Waals surface area contributed by atoms with Gasteiger partial charge in [0, 0.05) is 40.1 Å². The normalized spacial score (nSPS) is 11.5. The number of nitrogens with one attached hydrogen (secondary N) is 1. The van der Waals surface area contributed by atoms with E-state index in [-0.39, 0.29) is 5.41 Å². The smallest absolute Gasteiger partial charge is 0.207 e. The van der Waals surface area contributed by atoms with Crippen molar-refractivity contribution in [3.63, 3.8) is 0 Å². The van der Waals surface area contributed by atoms with Gasteiger partial charge in [0.25, 0.3) is 0 Å². The number of aryl methyl sites for hydroxylation is 1. The first kappa shape index (κ1) is 15.6. The molecule has 0 aliphatic carbocycles. The standard InChI is InChI=1S/C17H19N5S/c1-11-9-10-18-14(19-11)12-5-7-13(8-6-12)20-16-21-15(22-23-16)17(2,3)4/h5-10H,1-4H3,(H,20,21,22). The van der Waals surface area contributed by atoms with Gasteiger partial charge in [0.05, 0.1) is 0 Å². The quantitative estimate of drug-likeness (QED) is 0.776. The van der Waals surface area contributed by atoms with Gasteiger partial charge in [-0.2, -0.15) is 4.37 Å². The van der Waals surface area contributed by atoms with Gasteiger partial charge in [-0.15, -0.1) is 0 Å². The molecule has 3 rings (SSSR count). The van der Waals surface area contributed by atoms with Crippen LogP contribution in [0.3, 0.4) is 0 Å². The van der Waals surface area contributed by atoms with Gasteiger partial charge in [-0.3, -0.25) is 0 Å². The van der Waals surface area contributed by atoms with Gasteiger partial charge in [-0.05, 0) is 37.3 Å². The minimum absolute atomic E-state index is 0.0389. The van der Waals surface area contributed by atoms with Gasteiger partial charge >= 0.3 is 0 Å². The Labute approximate surface area is 140 Å². The van der Waals surface area contributed by atoms with Crippen molar-refractivity contribution < 1.29 is 0 Å². The fraction of sp³-hybridized carbons (Fsp3) is 0.294.